The van der Waals surface area contributed by atoms with Gasteiger partial charge in [0.1, 0.15) is 12.3 Å². The molecule has 140 valence electrons. The van der Waals surface area contributed by atoms with Gasteiger partial charge in [0.25, 0.3) is 0 Å². The van der Waals surface area contributed by atoms with Gasteiger partial charge in [-0.3, -0.25) is 5.10 Å². The van der Waals surface area contributed by atoms with Gasteiger partial charge < -0.3 is 20.1 Å². The molecule has 0 aliphatic carbocycles. The topological polar surface area (TPSA) is 122 Å². The average molecular weight is 370 g/mol. The molecule has 1 aliphatic heterocycles. The highest BCUT2D eigenvalue weighted by molar-refractivity contribution is 5.95. The number of hydrogen-bond acceptors (Lipinski definition) is 6. The van der Waals surface area contributed by atoms with Crippen molar-refractivity contribution in [3.8, 4) is 0 Å². The number of nitrogens with zero attached hydrogens (tertiary/aromatic N) is 1. The van der Waals surface area contributed by atoms with Crippen LogP contribution in [-0.4, -0.2) is 41.4 Å². The second kappa shape index (κ2) is 8.17. The lowest BCUT2D eigenvalue weighted by Gasteiger charge is -2.29. The smallest absolute Gasteiger partial charge is 0.356 e. The lowest BCUT2D eigenvalue weighted by molar-refractivity contribution is -0.139. The first kappa shape index (κ1) is 18.2. The predicted octanol–water partition coefficient (Wildman–Crippen LogP) is 1.44. The highest BCUT2D eigenvalue weighted by atomic mass is 16.5. The molecule has 0 spiro atoms. The van der Waals surface area contributed by atoms with Crippen molar-refractivity contribution in [2.45, 2.75) is 13.0 Å². The van der Waals surface area contributed by atoms with Gasteiger partial charge in [-0.2, -0.15) is 5.10 Å². The van der Waals surface area contributed by atoms with Crippen molar-refractivity contribution < 1.29 is 23.9 Å². The van der Waals surface area contributed by atoms with Crippen LogP contribution in [0.5, 0.6) is 0 Å². The molecule has 1 aromatic carbocycles. The SMILES string of the molecule is CCOC(=O)C1=C(COC(=O)c2ccn[nH]2)NC(=O)NC1c1ccccc1. The molecule has 9 nitrogen and oxygen atoms in total. The molecule has 2 aromatic rings. The quantitative estimate of drug-likeness (QED) is 0.661. The van der Waals surface area contributed by atoms with Crippen LogP contribution < -0.4 is 10.6 Å². The van der Waals surface area contributed by atoms with Crippen molar-refractivity contribution in [2.75, 3.05) is 13.2 Å². The standard InChI is InChI=1S/C18H18N4O5/c1-2-26-17(24)14-13(10-27-16(23)12-8-9-19-22-12)20-18(25)21-15(14)11-6-4-3-5-7-11/h3-9,15H,2,10H2,1H3,(H,19,22)(H2,20,21,25). The number of amides is 2. The van der Waals surface area contributed by atoms with E-state index < -0.39 is 24.0 Å². The number of H-pyrrole nitrogens is 1. The predicted molar refractivity (Wildman–Crippen MR) is 93.4 cm³/mol. The summed E-state index contributed by atoms with van der Waals surface area (Å²) in [5.74, 6) is -1.27. The van der Waals surface area contributed by atoms with Gasteiger partial charge in [0, 0.05) is 6.20 Å². The number of aromatic amines is 1. The van der Waals surface area contributed by atoms with E-state index in [0.29, 0.717) is 5.56 Å². The third kappa shape index (κ3) is 4.14. The summed E-state index contributed by atoms with van der Waals surface area (Å²) in [7, 11) is 0. The molecule has 1 aliphatic rings. The van der Waals surface area contributed by atoms with Crippen LogP contribution >= 0.6 is 0 Å². The van der Waals surface area contributed by atoms with Crippen LogP contribution in [0, 0.1) is 0 Å². The number of urea groups is 1. The number of rotatable bonds is 6. The van der Waals surface area contributed by atoms with E-state index in [1.807, 2.05) is 6.07 Å². The Balaban J connectivity index is 1.92. The minimum atomic E-state index is -0.722. The van der Waals surface area contributed by atoms with Gasteiger partial charge in [-0.15, -0.1) is 0 Å². The lowest BCUT2D eigenvalue weighted by atomic mass is 9.95. The molecule has 3 N–H and O–H groups in total. The Hall–Kier alpha value is -3.62. The molecule has 0 radical (unpaired) electrons. The molecule has 9 heteroatoms. The fraction of sp³-hybridized carbons (Fsp3) is 0.222. The molecule has 0 saturated heterocycles. The summed E-state index contributed by atoms with van der Waals surface area (Å²) in [5, 5.41) is 11.4. The normalized spacial score (nSPS) is 16.3. The first-order chi connectivity index (χ1) is 13.1. The molecule has 0 fully saturated rings. The summed E-state index contributed by atoms with van der Waals surface area (Å²) >= 11 is 0. The van der Waals surface area contributed by atoms with Gasteiger partial charge in [0.05, 0.1) is 23.9 Å². The van der Waals surface area contributed by atoms with E-state index in [1.54, 1.807) is 31.2 Å². The number of aromatic nitrogens is 2. The summed E-state index contributed by atoms with van der Waals surface area (Å²) in [6.07, 6.45) is 1.41. The van der Waals surface area contributed by atoms with E-state index in [-0.39, 0.29) is 30.2 Å². The van der Waals surface area contributed by atoms with Crippen LogP contribution in [0.25, 0.3) is 0 Å². The minimum absolute atomic E-state index is 0.160. The van der Waals surface area contributed by atoms with Gasteiger partial charge in [-0.05, 0) is 18.6 Å². The Labute approximate surface area is 154 Å². The molecule has 1 atom stereocenters. The zero-order valence-corrected chi connectivity index (χ0v) is 14.5. The van der Waals surface area contributed by atoms with Crippen LogP contribution in [-0.2, 0) is 14.3 Å². The number of hydrogen-bond donors (Lipinski definition) is 3. The Morgan fingerprint density at radius 3 is 2.56 bits per heavy atom. The Morgan fingerprint density at radius 1 is 1.11 bits per heavy atom. The highest BCUT2D eigenvalue weighted by Gasteiger charge is 2.34. The molecule has 2 amide bonds. The van der Waals surface area contributed by atoms with Gasteiger partial charge in [0.2, 0.25) is 0 Å². The summed E-state index contributed by atoms with van der Waals surface area (Å²) in [4.78, 5) is 36.7. The van der Waals surface area contributed by atoms with Crippen molar-refractivity contribution in [1.82, 2.24) is 20.8 Å². The van der Waals surface area contributed by atoms with Crippen LogP contribution in [0.3, 0.4) is 0 Å². The van der Waals surface area contributed by atoms with Crippen molar-refractivity contribution in [1.29, 1.82) is 0 Å². The molecule has 1 unspecified atom stereocenters. The van der Waals surface area contributed by atoms with Crippen molar-refractivity contribution in [3.05, 3.63) is 65.1 Å². The number of benzene rings is 1. The van der Waals surface area contributed by atoms with Gasteiger partial charge in [0.15, 0.2) is 0 Å². The van der Waals surface area contributed by atoms with E-state index in [2.05, 4.69) is 20.8 Å². The maximum Gasteiger partial charge on any atom is 0.356 e. The van der Waals surface area contributed by atoms with E-state index in [9.17, 15) is 14.4 Å². The van der Waals surface area contributed by atoms with E-state index in [4.69, 9.17) is 9.47 Å². The summed E-state index contributed by atoms with van der Waals surface area (Å²) < 4.78 is 10.3. The molecule has 0 saturated carbocycles. The first-order valence-corrected chi connectivity index (χ1v) is 8.29. The second-order valence-electron chi connectivity index (χ2n) is 5.60. The van der Waals surface area contributed by atoms with Gasteiger partial charge >= 0.3 is 18.0 Å². The molecular formula is C18H18N4O5. The largest absolute Gasteiger partial charge is 0.463 e. The molecule has 2 heterocycles. The van der Waals surface area contributed by atoms with Gasteiger partial charge in [-0.1, -0.05) is 30.3 Å². The zero-order valence-electron chi connectivity index (χ0n) is 14.5. The fourth-order valence-electron chi connectivity index (χ4n) is 2.66. The lowest BCUT2D eigenvalue weighted by Crippen LogP contribution is -2.47. The zero-order chi connectivity index (χ0) is 19.2. The number of esters is 2. The highest BCUT2D eigenvalue weighted by Crippen LogP contribution is 2.27. The van der Waals surface area contributed by atoms with Crippen LogP contribution in [0.15, 0.2) is 53.9 Å². The third-order valence-electron chi connectivity index (χ3n) is 3.85. The number of nitrogens with one attached hydrogen (secondary N) is 3. The van der Waals surface area contributed by atoms with E-state index in [1.165, 1.54) is 12.3 Å². The van der Waals surface area contributed by atoms with Crippen molar-refractivity contribution in [2.24, 2.45) is 0 Å². The van der Waals surface area contributed by atoms with Crippen LogP contribution in [0.1, 0.15) is 29.0 Å². The number of carbonyl (C=O) groups is 3. The van der Waals surface area contributed by atoms with Crippen molar-refractivity contribution in [3.63, 3.8) is 0 Å². The van der Waals surface area contributed by atoms with E-state index in [0.717, 1.165) is 0 Å². The summed E-state index contributed by atoms with van der Waals surface area (Å²) in [6, 6.07) is 9.20. The average Bonchev–Trinajstić information content (AvgIpc) is 3.21. The number of ether oxygens (including phenoxy) is 2. The first-order valence-electron chi connectivity index (χ1n) is 8.29. The second-order valence-corrected chi connectivity index (χ2v) is 5.60. The molecular weight excluding hydrogens is 352 g/mol. The van der Waals surface area contributed by atoms with Crippen LogP contribution in [0.2, 0.25) is 0 Å². The Kier molecular flexibility index (Phi) is 5.50. The molecule has 1 aromatic heterocycles. The summed E-state index contributed by atoms with van der Waals surface area (Å²) in [6.45, 7) is 1.55. The molecule has 0 bridgehead atoms. The Bertz CT molecular complexity index is 861. The van der Waals surface area contributed by atoms with E-state index >= 15 is 0 Å². The van der Waals surface area contributed by atoms with Crippen molar-refractivity contribution >= 4 is 18.0 Å². The maximum atomic E-state index is 12.5. The monoisotopic (exact) mass is 370 g/mol. The number of carbonyl (C=O) groups excluding carboxylic acids is 3. The molecule has 3 rings (SSSR count). The summed E-state index contributed by atoms with van der Waals surface area (Å²) in [5.41, 5.74) is 1.21. The maximum absolute atomic E-state index is 12.5. The molecule has 27 heavy (non-hydrogen) atoms. The minimum Gasteiger partial charge on any atom is -0.463 e. The fourth-order valence-corrected chi connectivity index (χ4v) is 2.66. The van der Waals surface area contributed by atoms with Crippen LogP contribution in [0.4, 0.5) is 4.79 Å². The Morgan fingerprint density at radius 2 is 1.89 bits per heavy atom. The third-order valence-corrected chi connectivity index (χ3v) is 3.85. The van der Waals surface area contributed by atoms with Gasteiger partial charge in [-0.25, -0.2) is 14.4 Å².